The first-order valence-corrected chi connectivity index (χ1v) is 4.99. The molecule has 0 fully saturated rings. The van der Waals surface area contributed by atoms with E-state index in [1.54, 1.807) is 6.92 Å². The van der Waals surface area contributed by atoms with E-state index in [4.69, 9.17) is 11.5 Å². The lowest BCUT2D eigenvalue weighted by atomic mass is 10.1. The fourth-order valence-electron chi connectivity index (χ4n) is 0.865. The Balaban J connectivity index is 4.53. The van der Waals surface area contributed by atoms with E-state index in [1.807, 2.05) is 0 Å². The van der Waals surface area contributed by atoms with Gasteiger partial charge in [-0.05, 0) is 31.1 Å². The predicted octanol–water partition coefficient (Wildman–Crippen LogP) is 3.23. The van der Waals surface area contributed by atoms with E-state index in [9.17, 15) is 22.0 Å². The van der Waals surface area contributed by atoms with Gasteiger partial charge in [0.05, 0.1) is 0 Å². The van der Waals surface area contributed by atoms with Crippen molar-refractivity contribution >= 4 is 0 Å². The van der Waals surface area contributed by atoms with Gasteiger partial charge in [0.15, 0.2) is 0 Å². The average molecular weight is 270 g/mol. The van der Waals surface area contributed by atoms with Crippen molar-refractivity contribution in [3.8, 4) is 0 Å². The molecule has 0 aromatic carbocycles. The molecule has 0 aromatic rings. The average Bonchev–Trinajstić information content (AvgIpc) is 2.21. The topological polar surface area (TPSA) is 52.0 Å². The van der Waals surface area contributed by atoms with Crippen molar-refractivity contribution in [1.29, 1.82) is 0 Å². The van der Waals surface area contributed by atoms with Crippen LogP contribution >= 0.6 is 0 Å². The van der Waals surface area contributed by atoms with Crippen molar-refractivity contribution in [3.05, 3.63) is 35.7 Å². The minimum absolute atomic E-state index is 0.108. The molecular weight excluding hydrogens is 255 g/mol. The third-order valence-electron chi connectivity index (χ3n) is 2.11. The maximum absolute atomic E-state index is 12.6. The second-order valence-electron chi connectivity index (χ2n) is 3.85. The fraction of sp³-hybridized carbons (Fsp3) is 0.455. The van der Waals surface area contributed by atoms with Gasteiger partial charge in [0.25, 0.3) is 0 Å². The van der Waals surface area contributed by atoms with Gasteiger partial charge in [-0.2, -0.15) is 22.0 Å². The van der Waals surface area contributed by atoms with Gasteiger partial charge >= 0.3 is 12.1 Å². The molecule has 0 unspecified atom stereocenters. The van der Waals surface area contributed by atoms with Gasteiger partial charge in [0.2, 0.25) is 0 Å². The zero-order valence-electron chi connectivity index (χ0n) is 9.82. The van der Waals surface area contributed by atoms with E-state index in [0.29, 0.717) is 5.57 Å². The molecule has 4 N–H and O–H groups in total. The Morgan fingerprint density at radius 1 is 1.11 bits per heavy atom. The minimum Gasteiger partial charge on any atom is -0.402 e. The van der Waals surface area contributed by atoms with E-state index in [-0.39, 0.29) is 11.4 Å². The number of allylic oxidation sites excluding steroid dienone is 4. The van der Waals surface area contributed by atoms with Crippen LogP contribution in [-0.4, -0.2) is 12.1 Å². The summed E-state index contributed by atoms with van der Waals surface area (Å²) >= 11 is 0. The van der Waals surface area contributed by atoms with Crippen molar-refractivity contribution in [3.63, 3.8) is 0 Å². The Morgan fingerprint density at radius 2 is 1.61 bits per heavy atom. The third kappa shape index (κ3) is 5.20. The summed E-state index contributed by atoms with van der Waals surface area (Å²) < 4.78 is 60.7. The van der Waals surface area contributed by atoms with Gasteiger partial charge in [-0.1, -0.05) is 6.58 Å². The molecule has 0 aliphatic heterocycles. The second-order valence-corrected chi connectivity index (χ2v) is 3.85. The smallest absolute Gasteiger partial charge is 0.402 e. The van der Waals surface area contributed by atoms with Crippen LogP contribution in [0.1, 0.15) is 19.8 Å². The summed E-state index contributed by atoms with van der Waals surface area (Å²) in [6, 6.07) is 0. The number of alkyl halides is 5. The van der Waals surface area contributed by atoms with E-state index < -0.39 is 24.9 Å². The summed E-state index contributed by atoms with van der Waals surface area (Å²) in [6.07, 6.45) is -5.02. The Labute approximate surface area is 102 Å². The van der Waals surface area contributed by atoms with Crippen molar-refractivity contribution < 1.29 is 22.0 Å². The Kier molecular flexibility index (Phi) is 5.38. The zero-order valence-corrected chi connectivity index (χ0v) is 9.82. The first-order valence-electron chi connectivity index (χ1n) is 4.99. The van der Waals surface area contributed by atoms with Gasteiger partial charge in [0.1, 0.15) is 0 Å². The Hall–Kier alpha value is -1.53. The minimum atomic E-state index is -5.56. The molecule has 0 bridgehead atoms. The van der Waals surface area contributed by atoms with Crippen LogP contribution in [-0.2, 0) is 0 Å². The van der Waals surface area contributed by atoms with Crippen LogP contribution in [0.25, 0.3) is 0 Å². The van der Waals surface area contributed by atoms with Gasteiger partial charge in [0, 0.05) is 17.8 Å². The van der Waals surface area contributed by atoms with E-state index >= 15 is 0 Å². The van der Waals surface area contributed by atoms with Crippen molar-refractivity contribution in [2.24, 2.45) is 11.5 Å². The third-order valence-corrected chi connectivity index (χ3v) is 2.11. The fourth-order valence-corrected chi connectivity index (χ4v) is 0.865. The highest BCUT2D eigenvalue weighted by Gasteiger charge is 2.56. The van der Waals surface area contributed by atoms with Crippen LogP contribution in [0, 0.1) is 0 Å². The van der Waals surface area contributed by atoms with Gasteiger partial charge in [-0.25, -0.2) is 0 Å². The lowest BCUT2D eigenvalue weighted by Crippen LogP contribution is -2.36. The number of halogens is 5. The summed E-state index contributed by atoms with van der Waals surface area (Å²) in [5.41, 5.74) is 11.5. The number of rotatable bonds is 5. The molecule has 0 heterocycles. The highest BCUT2D eigenvalue weighted by Crippen LogP contribution is 2.39. The van der Waals surface area contributed by atoms with Crippen LogP contribution in [0.3, 0.4) is 0 Å². The van der Waals surface area contributed by atoms with E-state index in [2.05, 4.69) is 6.58 Å². The Morgan fingerprint density at radius 3 is 2.00 bits per heavy atom. The van der Waals surface area contributed by atoms with Crippen LogP contribution in [0.2, 0.25) is 0 Å². The van der Waals surface area contributed by atoms with Crippen LogP contribution in [0.5, 0.6) is 0 Å². The molecular formula is C11H15F5N2. The highest BCUT2D eigenvalue weighted by atomic mass is 19.4. The summed E-state index contributed by atoms with van der Waals surface area (Å²) in [5.74, 6) is -4.74. The summed E-state index contributed by atoms with van der Waals surface area (Å²) in [6.45, 7) is 5.14. The number of nitrogens with two attached hydrogens (primary N) is 2. The first-order chi connectivity index (χ1) is 7.97. The summed E-state index contributed by atoms with van der Waals surface area (Å²) in [7, 11) is 0. The van der Waals surface area contributed by atoms with E-state index in [1.165, 1.54) is 12.2 Å². The molecule has 0 aromatic heterocycles. The van der Waals surface area contributed by atoms with Gasteiger partial charge < -0.3 is 11.5 Å². The van der Waals surface area contributed by atoms with Gasteiger partial charge in [-0.3, -0.25) is 0 Å². The van der Waals surface area contributed by atoms with E-state index in [0.717, 1.165) is 0 Å². The Bertz CT molecular complexity index is 366. The molecule has 2 nitrogen and oxygen atoms in total. The molecule has 0 aliphatic carbocycles. The van der Waals surface area contributed by atoms with Crippen LogP contribution < -0.4 is 11.5 Å². The maximum Gasteiger partial charge on any atom is 0.453 e. The van der Waals surface area contributed by atoms with Crippen LogP contribution in [0.4, 0.5) is 22.0 Å². The molecule has 0 atom stereocenters. The number of hydrogen-bond acceptors (Lipinski definition) is 2. The SMILES string of the molecule is C=C(C)/C(N)=C/C=C(\N)CCC(F)(F)C(F)(F)F. The van der Waals surface area contributed by atoms with Crippen LogP contribution in [0.15, 0.2) is 35.7 Å². The van der Waals surface area contributed by atoms with Crippen molar-refractivity contribution in [2.75, 3.05) is 0 Å². The molecule has 7 heteroatoms. The molecule has 0 spiro atoms. The monoisotopic (exact) mass is 270 g/mol. The standard InChI is InChI=1S/C11H15F5N2/c1-7(2)9(18)4-3-8(17)5-6-10(12,13)11(14,15)16/h3-4H,1,5-6,17-18H2,2H3/b8-3-,9-4-. The second kappa shape index (κ2) is 5.88. The first kappa shape index (κ1) is 16.5. The summed E-state index contributed by atoms with van der Waals surface area (Å²) in [4.78, 5) is 0. The highest BCUT2D eigenvalue weighted by molar-refractivity contribution is 5.27. The molecule has 0 radical (unpaired) electrons. The molecule has 18 heavy (non-hydrogen) atoms. The predicted molar refractivity (Wildman–Crippen MR) is 59.6 cm³/mol. The van der Waals surface area contributed by atoms with Crippen molar-refractivity contribution in [1.82, 2.24) is 0 Å². The molecule has 0 amide bonds. The molecule has 0 rings (SSSR count). The lowest BCUT2D eigenvalue weighted by Gasteiger charge is -2.19. The normalized spacial score (nSPS) is 14.8. The van der Waals surface area contributed by atoms with Crippen molar-refractivity contribution in [2.45, 2.75) is 31.9 Å². The largest absolute Gasteiger partial charge is 0.453 e. The zero-order chi connectivity index (χ0) is 14.6. The lowest BCUT2D eigenvalue weighted by molar-refractivity contribution is -0.284. The molecule has 0 aliphatic rings. The number of hydrogen-bond donors (Lipinski definition) is 2. The molecule has 0 saturated heterocycles. The molecule has 104 valence electrons. The quantitative estimate of drug-likeness (QED) is 0.595. The molecule has 0 saturated carbocycles. The van der Waals surface area contributed by atoms with Gasteiger partial charge in [-0.15, -0.1) is 0 Å². The summed E-state index contributed by atoms with van der Waals surface area (Å²) in [5, 5.41) is 0. The maximum atomic E-state index is 12.6.